The Bertz CT molecular complexity index is 1180. The number of hydrogen-bond acceptors (Lipinski definition) is 5. The summed E-state index contributed by atoms with van der Waals surface area (Å²) >= 11 is 0. The average Bonchev–Trinajstić information content (AvgIpc) is 3.37. The predicted octanol–water partition coefficient (Wildman–Crippen LogP) is 5.03. The van der Waals surface area contributed by atoms with E-state index >= 15 is 0 Å². The number of nitrogens with one attached hydrogen (secondary N) is 1. The molecule has 1 N–H and O–H groups in total. The molecule has 2 aromatic heterocycles. The summed E-state index contributed by atoms with van der Waals surface area (Å²) in [6.07, 6.45) is -0.578. The Hall–Kier alpha value is -2.65. The largest absolute Gasteiger partial charge is 0.416 e. The highest BCUT2D eigenvalue weighted by Crippen LogP contribution is 2.37. The molecular formula is C24H28F3N5O. The number of alkyl halides is 3. The Morgan fingerprint density at radius 1 is 1.15 bits per heavy atom. The van der Waals surface area contributed by atoms with E-state index in [9.17, 15) is 13.2 Å². The van der Waals surface area contributed by atoms with Crippen molar-refractivity contribution in [3.63, 3.8) is 0 Å². The highest BCUT2D eigenvalue weighted by Gasteiger charge is 2.34. The molecule has 0 radical (unpaired) electrons. The second kappa shape index (κ2) is 8.29. The van der Waals surface area contributed by atoms with Crippen molar-refractivity contribution < 1.29 is 17.9 Å². The van der Waals surface area contributed by atoms with Crippen molar-refractivity contribution in [2.24, 2.45) is 0 Å². The third-order valence-electron chi connectivity index (χ3n) is 6.96. The SMILES string of the molecule is Cc1c([C@@H](C)Nc2nc3ncc(C)n3c3c2CN(C2CCOCC2)C3)cccc1C(F)(F)F. The van der Waals surface area contributed by atoms with Crippen molar-refractivity contribution in [1.29, 1.82) is 0 Å². The van der Waals surface area contributed by atoms with Gasteiger partial charge in [0.2, 0.25) is 5.78 Å². The Morgan fingerprint density at radius 2 is 1.91 bits per heavy atom. The number of rotatable bonds is 4. The molecule has 1 saturated heterocycles. The topological polar surface area (TPSA) is 54.7 Å². The molecule has 2 aliphatic heterocycles. The van der Waals surface area contributed by atoms with Gasteiger partial charge in [-0.25, -0.2) is 4.98 Å². The van der Waals surface area contributed by atoms with E-state index in [1.54, 1.807) is 6.07 Å². The van der Waals surface area contributed by atoms with Crippen LogP contribution in [0.1, 0.15) is 59.4 Å². The summed E-state index contributed by atoms with van der Waals surface area (Å²) in [5.74, 6) is 1.30. The first-order valence-electron chi connectivity index (χ1n) is 11.3. The molecule has 2 aliphatic rings. The standard InChI is InChI=1S/C24H28F3N5O/c1-14-11-28-23-30-22(29-16(3)18-5-4-6-20(15(18)2)24(25,26)27)19-12-31(13-21(19)32(14)23)17-7-9-33-10-8-17/h4-6,11,16-17H,7-10,12-13H2,1-3H3,(H,28,29,30)/t16-/m1/s1. The van der Waals surface area contributed by atoms with Gasteiger partial charge in [-0.3, -0.25) is 9.30 Å². The molecular weight excluding hydrogens is 431 g/mol. The van der Waals surface area contributed by atoms with Crippen LogP contribution in [0, 0.1) is 13.8 Å². The van der Waals surface area contributed by atoms with E-state index in [-0.39, 0.29) is 11.6 Å². The van der Waals surface area contributed by atoms with Gasteiger partial charge in [-0.15, -0.1) is 0 Å². The minimum Gasteiger partial charge on any atom is -0.381 e. The highest BCUT2D eigenvalue weighted by molar-refractivity contribution is 5.56. The maximum Gasteiger partial charge on any atom is 0.416 e. The third-order valence-corrected chi connectivity index (χ3v) is 6.96. The zero-order valence-electron chi connectivity index (χ0n) is 19.0. The van der Waals surface area contributed by atoms with E-state index in [4.69, 9.17) is 9.72 Å². The Balaban J connectivity index is 1.50. The molecule has 0 saturated carbocycles. The molecule has 3 aromatic rings. The normalized spacial score (nSPS) is 18.6. The van der Waals surface area contributed by atoms with E-state index in [2.05, 4.69) is 19.6 Å². The molecule has 1 atom stereocenters. The fraction of sp³-hybridized carbons (Fsp3) is 0.500. The molecule has 5 rings (SSSR count). The Kier molecular flexibility index (Phi) is 5.56. The highest BCUT2D eigenvalue weighted by atomic mass is 19.4. The van der Waals surface area contributed by atoms with E-state index in [1.165, 1.54) is 13.0 Å². The first-order valence-corrected chi connectivity index (χ1v) is 11.3. The smallest absolute Gasteiger partial charge is 0.381 e. The van der Waals surface area contributed by atoms with Crippen LogP contribution in [0.3, 0.4) is 0 Å². The number of fused-ring (bicyclic) bond motifs is 3. The number of nitrogens with zero attached hydrogens (tertiary/aromatic N) is 4. The van der Waals surface area contributed by atoms with Crippen LogP contribution in [0.25, 0.3) is 5.78 Å². The van der Waals surface area contributed by atoms with E-state index in [1.807, 2.05) is 20.0 Å². The predicted molar refractivity (Wildman–Crippen MR) is 119 cm³/mol. The van der Waals surface area contributed by atoms with E-state index in [0.717, 1.165) is 62.2 Å². The van der Waals surface area contributed by atoms with Gasteiger partial charge >= 0.3 is 6.18 Å². The van der Waals surface area contributed by atoms with Crippen molar-refractivity contribution >= 4 is 11.6 Å². The lowest BCUT2D eigenvalue weighted by Crippen LogP contribution is -2.35. The molecule has 33 heavy (non-hydrogen) atoms. The molecule has 6 nitrogen and oxygen atoms in total. The molecule has 4 heterocycles. The molecule has 0 spiro atoms. The molecule has 0 bridgehead atoms. The van der Waals surface area contributed by atoms with Crippen LogP contribution in [0.15, 0.2) is 24.4 Å². The molecule has 0 unspecified atom stereocenters. The lowest BCUT2D eigenvalue weighted by molar-refractivity contribution is -0.138. The van der Waals surface area contributed by atoms with Crippen molar-refractivity contribution in [2.45, 2.75) is 65.0 Å². The summed E-state index contributed by atoms with van der Waals surface area (Å²) < 4.78 is 47.9. The van der Waals surface area contributed by atoms with Crippen molar-refractivity contribution in [2.75, 3.05) is 18.5 Å². The summed E-state index contributed by atoms with van der Waals surface area (Å²) in [5, 5.41) is 3.42. The molecule has 1 aromatic carbocycles. The van der Waals surface area contributed by atoms with Crippen molar-refractivity contribution in [3.8, 4) is 0 Å². The summed E-state index contributed by atoms with van der Waals surface area (Å²) in [6.45, 7) is 8.50. The number of hydrogen-bond donors (Lipinski definition) is 1. The number of benzene rings is 1. The number of aromatic nitrogens is 3. The van der Waals surface area contributed by atoms with Gasteiger partial charge in [-0.2, -0.15) is 18.2 Å². The second-order valence-corrected chi connectivity index (χ2v) is 9.05. The summed E-state index contributed by atoms with van der Waals surface area (Å²) in [4.78, 5) is 11.7. The number of ether oxygens (including phenoxy) is 1. The maximum atomic E-state index is 13.4. The third kappa shape index (κ3) is 3.97. The van der Waals surface area contributed by atoms with E-state index < -0.39 is 11.7 Å². The summed E-state index contributed by atoms with van der Waals surface area (Å²) in [6, 6.07) is 4.44. The zero-order chi connectivity index (χ0) is 23.3. The van der Waals surface area contributed by atoms with Crippen LogP contribution in [-0.2, 0) is 24.0 Å². The van der Waals surface area contributed by atoms with Crippen molar-refractivity contribution in [1.82, 2.24) is 19.3 Å². The lowest BCUT2D eigenvalue weighted by Gasteiger charge is -2.30. The fourth-order valence-electron chi connectivity index (χ4n) is 5.20. The molecule has 1 fully saturated rings. The first kappa shape index (κ1) is 22.2. The van der Waals surface area contributed by atoms with Crippen LogP contribution in [0.4, 0.5) is 19.0 Å². The van der Waals surface area contributed by atoms with Crippen LogP contribution in [0.2, 0.25) is 0 Å². The zero-order valence-corrected chi connectivity index (χ0v) is 19.0. The second-order valence-electron chi connectivity index (χ2n) is 9.05. The van der Waals surface area contributed by atoms with Gasteiger partial charge in [-0.05, 0) is 50.8 Å². The van der Waals surface area contributed by atoms with Gasteiger partial charge in [0.25, 0.3) is 0 Å². The molecule has 9 heteroatoms. The van der Waals surface area contributed by atoms with Gasteiger partial charge in [-0.1, -0.05) is 12.1 Å². The van der Waals surface area contributed by atoms with Crippen LogP contribution in [-0.4, -0.2) is 38.5 Å². The molecule has 176 valence electrons. The Morgan fingerprint density at radius 3 is 2.64 bits per heavy atom. The maximum absolute atomic E-state index is 13.4. The van der Waals surface area contributed by atoms with Crippen LogP contribution >= 0.6 is 0 Å². The quantitative estimate of drug-likeness (QED) is 0.593. The minimum atomic E-state index is -4.38. The van der Waals surface area contributed by atoms with Gasteiger partial charge in [0, 0.05) is 49.3 Å². The van der Waals surface area contributed by atoms with Gasteiger partial charge in [0.15, 0.2) is 0 Å². The number of imidazole rings is 1. The van der Waals surface area contributed by atoms with Crippen LogP contribution < -0.4 is 5.32 Å². The number of anilines is 1. The summed E-state index contributed by atoms with van der Waals surface area (Å²) in [7, 11) is 0. The lowest BCUT2D eigenvalue weighted by atomic mass is 9.97. The van der Waals surface area contributed by atoms with E-state index in [0.29, 0.717) is 23.2 Å². The van der Waals surface area contributed by atoms with Gasteiger partial charge < -0.3 is 10.1 Å². The van der Waals surface area contributed by atoms with Gasteiger partial charge in [0.1, 0.15) is 5.82 Å². The minimum absolute atomic E-state index is 0.239. The molecule has 0 amide bonds. The van der Waals surface area contributed by atoms with Gasteiger partial charge in [0.05, 0.1) is 17.8 Å². The monoisotopic (exact) mass is 459 g/mol. The fourth-order valence-corrected chi connectivity index (χ4v) is 5.20. The first-order chi connectivity index (χ1) is 15.7. The average molecular weight is 460 g/mol. The summed E-state index contributed by atoms with van der Waals surface area (Å²) in [5.41, 5.74) is 3.51. The Labute approximate surface area is 190 Å². The molecule has 0 aliphatic carbocycles. The van der Waals surface area contributed by atoms with Crippen molar-refractivity contribution in [3.05, 3.63) is 58.0 Å². The number of halogens is 3. The van der Waals surface area contributed by atoms with Crippen LogP contribution in [0.5, 0.6) is 0 Å². The number of aryl methyl sites for hydroxylation is 1.